The number of aromatic hydroxyl groups is 1. The van der Waals surface area contributed by atoms with Crippen LogP contribution < -0.4 is 11.1 Å². The number of phenolic OH excluding ortho intramolecular Hbond substituents is 1. The summed E-state index contributed by atoms with van der Waals surface area (Å²) in [5, 5.41) is 11.7. The molecule has 78 valence electrons. The van der Waals surface area contributed by atoms with Crippen molar-refractivity contribution in [1.29, 1.82) is 0 Å². The quantitative estimate of drug-likeness (QED) is 0.353. The highest BCUT2D eigenvalue weighted by molar-refractivity contribution is 5.73. The van der Waals surface area contributed by atoms with Crippen LogP contribution >= 0.6 is 0 Å². The molecular formula is C11H12N2O2. The van der Waals surface area contributed by atoms with Gasteiger partial charge < -0.3 is 16.2 Å². The molecule has 1 aromatic rings. The van der Waals surface area contributed by atoms with Gasteiger partial charge in [-0.1, -0.05) is 11.8 Å². The summed E-state index contributed by atoms with van der Waals surface area (Å²) < 4.78 is 0. The normalized spacial score (nSPS) is 8.87. The highest BCUT2D eigenvalue weighted by Gasteiger charge is 1.95. The van der Waals surface area contributed by atoms with E-state index in [1.165, 1.54) is 13.0 Å². The molecule has 4 N–H and O–H groups in total. The van der Waals surface area contributed by atoms with E-state index in [2.05, 4.69) is 17.2 Å². The fourth-order valence-electron chi connectivity index (χ4n) is 0.947. The van der Waals surface area contributed by atoms with Gasteiger partial charge >= 0.3 is 0 Å². The van der Waals surface area contributed by atoms with Gasteiger partial charge in [-0.05, 0) is 18.2 Å². The second-order valence-corrected chi connectivity index (χ2v) is 2.99. The van der Waals surface area contributed by atoms with Gasteiger partial charge in [0.1, 0.15) is 5.75 Å². The second-order valence-electron chi connectivity index (χ2n) is 2.99. The van der Waals surface area contributed by atoms with Gasteiger partial charge in [0, 0.05) is 12.5 Å². The Morgan fingerprint density at radius 3 is 2.93 bits per heavy atom. The SMILES string of the molecule is CC(=O)NCC#Cc1ccc(O)c(N)c1. The Labute approximate surface area is 88.1 Å². The second kappa shape index (κ2) is 4.91. The average molecular weight is 204 g/mol. The zero-order valence-electron chi connectivity index (χ0n) is 8.37. The van der Waals surface area contributed by atoms with Crippen LogP contribution in [-0.4, -0.2) is 17.6 Å². The largest absolute Gasteiger partial charge is 0.506 e. The number of nitrogens with two attached hydrogens (primary N) is 1. The Hall–Kier alpha value is -2.15. The smallest absolute Gasteiger partial charge is 0.217 e. The van der Waals surface area contributed by atoms with Gasteiger partial charge in [0.15, 0.2) is 0 Å². The Balaban J connectivity index is 2.64. The maximum absolute atomic E-state index is 10.5. The van der Waals surface area contributed by atoms with Crippen molar-refractivity contribution >= 4 is 11.6 Å². The summed E-state index contributed by atoms with van der Waals surface area (Å²) in [5.41, 5.74) is 6.48. The number of carbonyl (C=O) groups is 1. The third kappa shape index (κ3) is 3.61. The predicted octanol–water partition coefficient (Wildman–Crippen LogP) is 0.462. The lowest BCUT2D eigenvalue weighted by Gasteiger charge is -1.97. The molecule has 0 heterocycles. The van der Waals surface area contributed by atoms with Gasteiger partial charge in [-0.25, -0.2) is 0 Å². The summed E-state index contributed by atoms with van der Waals surface area (Å²) >= 11 is 0. The van der Waals surface area contributed by atoms with Crippen LogP contribution in [0.1, 0.15) is 12.5 Å². The Morgan fingerprint density at radius 1 is 1.60 bits per heavy atom. The molecule has 0 saturated carbocycles. The molecule has 0 aromatic heterocycles. The fraction of sp³-hybridized carbons (Fsp3) is 0.182. The number of benzene rings is 1. The monoisotopic (exact) mass is 204 g/mol. The van der Waals surface area contributed by atoms with E-state index in [1.807, 2.05) is 0 Å². The van der Waals surface area contributed by atoms with Crippen molar-refractivity contribution in [2.75, 3.05) is 12.3 Å². The summed E-state index contributed by atoms with van der Waals surface area (Å²) in [4.78, 5) is 10.5. The first-order chi connectivity index (χ1) is 7.09. The molecule has 0 fully saturated rings. The molecule has 0 spiro atoms. The Morgan fingerprint density at radius 2 is 2.33 bits per heavy atom. The average Bonchev–Trinajstić information content (AvgIpc) is 2.18. The first kappa shape index (κ1) is 10.9. The zero-order valence-corrected chi connectivity index (χ0v) is 8.37. The van der Waals surface area contributed by atoms with Crippen LogP contribution in [0.15, 0.2) is 18.2 Å². The molecule has 4 nitrogen and oxygen atoms in total. The molecule has 0 unspecified atom stereocenters. The zero-order chi connectivity index (χ0) is 11.3. The maximum atomic E-state index is 10.5. The molecular weight excluding hydrogens is 192 g/mol. The molecule has 0 aliphatic heterocycles. The minimum Gasteiger partial charge on any atom is -0.506 e. The number of rotatable bonds is 1. The van der Waals surface area contributed by atoms with Gasteiger partial charge in [-0.3, -0.25) is 4.79 Å². The lowest BCUT2D eigenvalue weighted by molar-refractivity contribution is -0.118. The summed E-state index contributed by atoms with van der Waals surface area (Å²) in [6.07, 6.45) is 0. The lowest BCUT2D eigenvalue weighted by Crippen LogP contribution is -2.19. The van der Waals surface area contributed by atoms with Crippen molar-refractivity contribution in [2.24, 2.45) is 0 Å². The number of phenols is 1. The van der Waals surface area contributed by atoms with E-state index in [4.69, 9.17) is 10.8 Å². The molecule has 0 bridgehead atoms. The van der Waals surface area contributed by atoms with E-state index in [-0.39, 0.29) is 11.7 Å². The predicted molar refractivity (Wildman–Crippen MR) is 58.1 cm³/mol. The molecule has 1 aromatic carbocycles. The molecule has 0 aliphatic rings. The molecule has 0 aliphatic carbocycles. The Kier molecular flexibility index (Phi) is 3.58. The van der Waals surface area contributed by atoms with Crippen LogP contribution in [0.4, 0.5) is 5.69 Å². The van der Waals surface area contributed by atoms with Gasteiger partial charge in [0.2, 0.25) is 5.91 Å². The minimum atomic E-state index is -0.116. The summed E-state index contributed by atoms with van der Waals surface area (Å²) in [7, 11) is 0. The molecule has 0 radical (unpaired) electrons. The number of nitrogens with one attached hydrogen (secondary N) is 1. The molecule has 4 heteroatoms. The van der Waals surface area contributed by atoms with Crippen molar-refractivity contribution in [3.63, 3.8) is 0 Å². The molecule has 1 amide bonds. The standard InChI is InChI=1S/C11H12N2O2/c1-8(14)13-6-2-3-9-4-5-11(15)10(12)7-9/h4-5,7,15H,6,12H2,1H3,(H,13,14). The topological polar surface area (TPSA) is 75.3 Å². The van der Waals surface area contributed by atoms with Crippen LogP contribution in [0.3, 0.4) is 0 Å². The van der Waals surface area contributed by atoms with Crippen LogP contribution in [0.25, 0.3) is 0 Å². The molecule has 1 rings (SSSR count). The first-order valence-corrected chi connectivity index (χ1v) is 4.41. The maximum Gasteiger partial charge on any atom is 0.217 e. The van der Waals surface area contributed by atoms with E-state index in [0.29, 0.717) is 17.8 Å². The van der Waals surface area contributed by atoms with E-state index in [0.717, 1.165) is 0 Å². The highest BCUT2D eigenvalue weighted by Crippen LogP contribution is 2.19. The van der Waals surface area contributed by atoms with Crippen LogP contribution in [0.2, 0.25) is 0 Å². The van der Waals surface area contributed by atoms with E-state index >= 15 is 0 Å². The van der Waals surface area contributed by atoms with E-state index < -0.39 is 0 Å². The minimum absolute atomic E-state index is 0.0439. The lowest BCUT2D eigenvalue weighted by atomic mass is 10.2. The number of carbonyl (C=O) groups excluding carboxylic acids is 1. The van der Waals surface area contributed by atoms with Crippen molar-refractivity contribution in [1.82, 2.24) is 5.32 Å². The van der Waals surface area contributed by atoms with E-state index in [9.17, 15) is 4.79 Å². The third-order valence-corrected chi connectivity index (χ3v) is 1.69. The van der Waals surface area contributed by atoms with E-state index in [1.54, 1.807) is 12.1 Å². The van der Waals surface area contributed by atoms with Gasteiger partial charge in [0.05, 0.1) is 12.2 Å². The van der Waals surface area contributed by atoms with Crippen LogP contribution in [0.5, 0.6) is 5.75 Å². The number of anilines is 1. The first-order valence-electron chi connectivity index (χ1n) is 4.41. The highest BCUT2D eigenvalue weighted by atomic mass is 16.3. The van der Waals surface area contributed by atoms with Crippen LogP contribution in [-0.2, 0) is 4.79 Å². The molecule has 0 atom stereocenters. The summed E-state index contributed by atoms with van der Waals surface area (Å²) in [6, 6.07) is 4.72. The van der Waals surface area contributed by atoms with Gasteiger partial charge in [-0.2, -0.15) is 0 Å². The van der Waals surface area contributed by atoms with Crippen molar-refractivity contribution < 1.29 is 9.90 Å². The molecule has 15 heavy (non-hydrogen) atoms. The third-order valence-electron chi connectivity index (χ3n) is 1.69. The van der Waals surface area contributed by atoms with Crippen molar-refractivity contribution in [3.05, 3.63) is 23.8 Å². The number of hydrogen-bond donors (Lipinski definition) is 3. The van der Waals surface area contributed by atoms with Crippen LogP contribution in [0, 0.1) is 11.8 Å². The summed E-state index contributed by atoms with van der Waals surface area (Å²) in [5.74, 6) is 5.50. The number of amides is 1. The Bertz CT molecular complexity index is 430. The summed E-state index contributed by atoms with van der Waals surface area (Å²) in [6.45, 7) is 1.73. The van der Waals surface area contributed by atoms with Gasteiger partial charge in [0.25, 0.3) is 0 Å². The number of hydrogen-bond acceptors (Lipinski definition) is 3. The van der Waals surface area contributed by atoms with Crippen molar-refractivity contribution in [3.8, 4) is 17.6 Å². The fourth-order valence-corrected chi connectivity index (χ4v) is 0.947. The van der Waals surface area contributed by atoms with Gasteiger partial charge in [-0.15, -0.1) is 0 Å². The number of nitrogen functional groups attached to an aromatic ring is 1. The van der Waals surface area contributed by atoms with Crippen molar-refractivity contribution in [2.45, 2.75) is 6.92 Å². The molecule has 0 saturated heterocycles.